The molecule has 0 spiro atoms. The lowest BCUT2D eigenvalue weighted by Gasteiger charge is -2.02. The van der Waals surface area contributed by atoms with Crippen LogP contribution in [0.4, 0.5) is 0 Å². The van der Waals surface area contributed by atoms with E-state index in [0.717, 1.165) is 22.6 Å². The van der Waals surface area contributed by atoms with Crippen molar-refractivity contribution in [1.29, 1.82) is 0 Å². The molecule has 1 aromatic carbocycles. The summed E-state index contributed by atoms with van der Waals surface area (Å²) >= 11 is 1.44. The van der Waals surface area contributed by atoms with Gasteiger partial charge >= 0.3 is 5.97 Å². The zero-order valence-electron chi connectivity index (χ0n) is 12.7. The smallest absolute Gasteiger partial charge is 0.358 e. The third-order valence-electron chi connectivity index (χ3n) is 3.42. The van der Waals surface area contributed by atoms with E-state index < -0.39 is 5.97 Å². The van der Waals surface area contributed by atoms with Crippen LogP contribution in [-0.2, 0) is 17.8 Å². The summed E-state index contributed by atoms with van der Waals surface area (Å²) in [5.41, 5.74) is 3.49. The maximum absolute atomic E-state index is 12.1. The molecule has 2 aromatic heterocycles. The number of carbonyl (C=O) groups is 1. The highest BCUT2D eigenvalue weighted by atomic mass is 32.1. The molecule has 0 aliphatic rings. The first-order valence-electron chi connectivity index (χ1n) is 7.37. The molecule has 4 nitrogen and oxygen atoms in total. The number of benzene rings is 1. The lowest BCUT2D eigenvalue weighted by atomic mass is 10.1. The Labute approximate surface area is 138 Å². The maximum atomic E-state index is 12.1. The van der Waals surface area contributed by atoms with E-state index in [0.29, 0.717) is 5.69 Å². The van der Waals surface area contributed by atoms with Gasteiger partial charge in [0.2, 0.25) is 0 Å². The second kappa shape index (κ2) is 7.15. The maximum Gasteiger partial charge on any atom is 0.358 e. The largest absolute Gasteiger partial charge is 0.456 e. The Hall–Kier alpha value is -2.53. The predicted molar refractivity (Wildman–Crippen MR) is 90.3 cm³/mol. The lowest BCUT2D eigenvalue weighted by molar-refractivity contribution is 0.0466. The van der Waals surface area contributed by atoms with Gasteiger partial charge in [-0.05, 0) is 18.1 Å². The molecule has 0 saturated carbocycles. The molecule has 0 unspecified atom stereocenters. The number of ether oxygens (including phenoxy) is 1. The summed E-state index contributed by atoms with van der Waals surface area (Å²) < 4.78 is 5.27. The Morgan fingerprint density at radius 2 is 2.00 bits per heavy atom. The van der Waals surface area contributed by atoms with Crippen LogP contribution in [0.3, 0.4) is 0 Å². The summed E-state index contributed by atoms with van der Waals surface area (Å²) in [4.78, 5) is 20.4. The van der Waals surface area contributed by atoms with Crippen LogP contribution in [0.2, 0.25) is 0 Å². The van der Waals surface area contributed by atoms with Gasteiger partial charge in [-0.3, -0.25) is 4.98 Å². The molecular weight excluding hydrogens is 308 g/mol. The second-order valence-corrected chi connectivity index (χ2v) is 5.88. The molecule has 0 amide bonds. The topological polar surface area (TPSA) is 52.1 Å². The molecular formula is C18H16N2O2S. The molecule has 0 N–H and O–H groups in total. The van der Waals surface area contributed by atoms with Crippen LogP contribution in [0, 0.1) is 0 Å². The zero-order valence-corrected chi connectivity index (χ0v) is 13.5. The summed E-state index contributed by atoms with van der Waals surface area (Å²) in [6.07, 6.45) is 4.36. The molecule has 116 valence electrons. The molecule has 0 fully saturated rings. The molecule has 2 heterocycles. The van der Waals surface area contributed by atoms with Gasteiger partial charge in [0.05, 0.1) is 0 Å². The van der Waals surface area contributed by atoms with Crippen LogP contribution < -0.4 is 0 Å². The summed E-state index contributed by atoms with van der Waals surface area (Å²) in [6.45, 7) is 2.32. The molecule has 0 aliphatic heterocycles. The fourth-order valence-corrected chi connectivity index (χ4v) is 2.88. The van der Waals surface area contributed by atoms with Gasteiger partial charge in [0, 0.05) is 28.9 Å². The van der Waals surface area contributed by atoms with E-state index >= 15 is 0 Å². The van der Waals surface area contributed by atoms with Crippen LogP contribution in [-0.4, -0.2) is 15.9 Å². The van der Waals surface area contributed by atoms with Crippen molar-refractivity contribution in [1.82, 2.24) is 9.97 Å². The van der Waals surface area contributed by atoms with E-state index in [-0.39, 0.29) is 6.61 Å². The van der Waals surface area contributed by atoms with Crippen molar-refractivity contribution in [3.8, 4) is 10.6 Å². The van der Waals surface area contributed by atoms with Gasteiger partial charge in [0.25, 0.3) is 0 Å². The number of hydrogen-bond acceptors (Lipinski definition) is 5. The number of pyridine rings is 1. The monoisotopic (exact) mass is 324 g/mol. The summed E-state index contributed by atoms with van der Waals surface area (Å²) in [5.74, 6) is -0.415. The van der Waals surface area contributed by atoms with Crippen LogP contribution in [0.1, 0.15) is 28.5 Å². The van der Waals surface area contributed by atoms with Crippen molar-refractivity contribution >= 4 is 17.3 Å². The van der Waals surface area contributed by atoms with E-state index in [4.69, 9.17) is 4.74 Å². The van der Waals surface area contributed by atoms with Crippen molar-refractivity contribution in [2.45, 2.75) is 20.0 Å². The van der Waals surface area contributed by atoms with Gasteiger partial charge in [-0.25, -0.2) is 9.78 Å². The molecule has 23 heavy (non-hydrogen) atoms. The average molecular weight is 324 g/mol. The number of hydrogen-bond donors (Lipinski definition) is 0. The first-order valence-corrected chi connectivity index (χ1v) is 8.25. The van der Waals surface area contributed by atoms with Gasteiger partial charge in [0.15, 0.2) is 5.69 Å². The fraction of sp³-hybridized carbons (Fsp3) is 0.167. The molecule has 3 rings (SSSR count). The second-order valence-electron chi connectivity index (χ2n) is 5.03. The third-order valence-corrected chi connectivity index (χ3v) is 4.31. The van der Waals surface area contributed by atoms with Crippen LogP contribution in [0.5, 0.6) is 0 Å². The summed E-state index contributed by atoms with van der Waals surface area (Å²) in [5, 5.41) is 2.55. The number of nitrogens with zero attached hydrogens (tertiary/aromatic N) is 2. The van der Waals surface area contributed by atoms with Gasteiger partial charge < -0.3 is 4.74 Å². The number of carbonyl (C=O) groups excluding carboxylic acids is 1. The molecule has 0 atom stereocenters. The van der Waals surface area contributed by atoms with Crippen molar-refractivity contribution in [2.75, 3.05) is 0 Å². The van der Waals surface area contributed by atoms with Gasteiger partial charge in [0.1, 0.15) is 11.6 Å². The predicted octanol–water partition coefficient (Wildman–Crippen LogP) is 4.12. The van der Waals surface area contributed by atoms with E-state index in [2.05, 4.69) is 29.0 Å². The molecule has 0 radical (unpaired) electrons. The number of thiazole rings is 1. The van der Waals surface area contributed by atoms with Crippen LogP contribution in [0.25, 0.3) is 10.6 Å². The Kier molecular flexibility index (Phi) is 4.78. The zero-order chi connectivity index (χ0) is 16.1. The summed E-state index contributed by atoms with van der Waals surface area (Å²) in [7, 11) is 0. The first kappa shape index (κ1) is 15.4. The Morgan fingerprint density at radius 3 is 2.70 bits per heavy atom. The number of rotatable bonds is 5. The average Bonchev–Trinajstić information content (AvgIpc) is 3.11. The van der Waals surface area contributed by atoms with E-state index in [1.165, 1.54) is 16.9 Å². The normalized spacial score (nSPS) is 10.5. The SMILES string of the molecule is CCc1ccc(-c2nc(C(=O)OCc3cccnc3)cs2)cc1. The third kappa shape index (κ3) is 3.81. The molecule has 0 bridgehead atoms. The minimum atomic E-state index is -0.415. The minimum Gasteiger partial charge on any atom is -0.456 e. The van der Waals surface area contributed by atoms with E-state index in [9.17, 15) is 4.79 Å². The van der Waals surface area contributed by atoms with Crippen molar-refractivity contribution < 1.29 is 9.53 Å². The minimum absolute atomic E-state index is 0.199. The van der Waals surface area contributed by atoms with Crippen molar-refractivity contribution in [3.05, 3.63) is 71.0 Å². The fourth-order valence-electron chi connectivity index (χ4n) is 2.09. The standard InChI is InChI=1S/C18H16N2O2S/c1-2-13-5-7-15(8-6-13)17-20-16(12-23-17)18(21)22-11-14-4-3-9-19-10-14/h3-10,12H,2,11H2,1H3. The van der Waals surface area contributed by atoms with Crippen molar-refractivity contribution in [3.63, 3.8) is 0 Å². The van der Waals surface area contributed by atoms with Crippen molar-refractivity contribution in [2.24, 2.45) is 0 Å². The van der Waals surface area contributed by atoms with E-state index in [1.54, 1.807) is 17.8 Å². The Morgan fingerprint density at radius 1 is 1.17 bits per heavy atom. The van der Waals surface area contributed by atoms with Gasteiger partial charge in [-0.1, -0.05) is 37.3 Å². The number of esters is 1. The highest BCUT2D eigenvalue weighted by Gasteiger charge is 2.13. The highest BCUT2D eigenvalue weighted by molar-refractivity contribution is 7.13. The van der Waals surface area contributed by atoms with Gasteiger partial charge in [-0.2, -0.15) is 0 Å². The highest BCUT2D eigenvalue weighted by Crippen LogP contribution is 2.24. The van der Waals surface area contributed by atoms with Crippen LogP contribution >= 0.6 is 11.3 Å². The molecule has 5 heteroatoms. The van der Waals surface area contributed by atoms with Gasteiger partial charge in [-0.15, -0.1) is 11.3 Å². The molecule has 3 aromatic rings. The number of aryl methyl sites for hydroxylation is 1. The molecule has 0 aliphatic carbocycles. The first-order chi connectivity index (χ1) is 11.3. The quantitative estimate of drug-likeness (QED) is 0.662. The van der Waals surface area contributed by atoms with Crippen LogP contribution in [0.15, 0.2) is 54.2 Å². The Bertz CT molecular complexity index is 782. The van der Waals surface area contributed by atoms with E-state index in [1.807, 2.05) is 24.3 Å². The Balaban J connectivity index is 1.67. The number of aromatic nitrogens is 2. The lowest BCUT2D eigenvalue weighted by Crippen LogP contribution is -2.05. The summed E-state index contributed by atoms with van der Waals surface area (Å²) in [6, 6.07) is 11.9. The molecule has 0 saturated heterocycles.